The van der Waals surface area contributed by atoms with Gasteiger partial charge in [0, 0.05) is 47.1 Å². The van der Waals surface area contributed by atoms with E-state index in [4.69, 9.17) is 18.9 Å². The molecule has 0 saturated carbocycles. The predicted octanol–water partition coefficient (Wildman–Crippen LogP) is 5.43. The third kappa shape index (κ3) is 7.78. The quantitative estimate of drug-likeness (QED) is 0.151. The van der Waals surface area contributed by atoms with E-state index in [0.29, 0.717) is 28.0 Å². The van der Waals surface area contributed by atoms with Gasteiger partial charge < -0.3 is 18.9 Å². The number of carbonyl (C=O) groups is 4. The average Bonchev–Trinajstić information content (AvgIpc) is 2.98. The van der Waals surface area contributed by atoms with Crippen molar-refractivity contribution in [1.29, 1.82) is 0 Å². The molecule has 8 nitrogen and oxygen atoms in total. The van der Waals surface area contributed by atoms with Gasteiger partial charge in [-0.1, -0.05) is 50.3 Å². The highest BCUT2D eigenvalue weighted by Gasteiger charge is 2.21. The summed E-state index contributed by atoms with van der Waals surface area (Å²) in [5.41, 5.74) is 2.22. The second kappa shape index (κ2) is 13.7. The van der Waals surface area contributed by atoms with Gasteiger partial charge >= 0.3 is 23.9 Å². The highest BCUT2D eigenvalue weighted by molar-refractivity contribution is 5.90. The molecule has 0 radical (unpaired) electrons. The summed E-state index contributed by atoms with van der Waals surface area (Å²) in [6.07, 6.45) is 4.11. The van der Waals surface area contributed by atoms with Crippen molar-refractivity contribution in [1.82, 2.24) is 0 Å². The summed E-state index contributed by atoms with van der Waals surface area (Å²) in [4.78, 5) is 47.4. The second-order valence-electron chi connectivity index (χ2n) is 8.05. The van der Waals surface area contributed by atoms with Gasteiger partial charge in [0.25, 0.3) is 0 Å². The smallest absolute Gasteiger partial charge is 0.335 e. The normalized spacial score (nSPS) is 9.68. The third-order valence-electron chi connectivity index (χ3n) is 5.34. The standard InChI is InChI=1S/C33H24O8/c1-6-28(34)38-25-16-11-22(12-17-25)10-13-24-20-27(40-30(36)8-3)32(21(5)33(24)41-31(37)9-4)23-14-18-26(19-15-23)39-29(35)7-2/h6-9,11-12,14-20H,1-4H2,5H3. The predicted molar refractivity (Wildman–Crippen MR) is 152 cm³/mol. The summed E-state index contributed by atoms with van der Waals surface area (Å²) in [5.74, 6) is 4.07. The van der Waals surface area contributed by atoms with Crippen LogP contribution in [0.2, 0.25) is 0 Å². The number of carbonyl (C=O) groups excluding carboxylic acids is 4. The molecule has 0 N–H and O–H groups in total. The lowest BCUT2D eigenvalue weighted by Gasteiger charge is -2.18. The Balaban J connectivity index is 2.15. The van der Waals surface area contributed by atoms with Gasteiger partial charge in [0.15, 0.2) is 5.75 Å². The van der Waals surface area contributed by atoms with Crippen LogP contribution in [0.15, 0.2) is 105 Å². The van der Waals surface area contributed by atoms with Crippen LogP contribution in [0.3, 0.4) is 0 Å². The number of esters is 4. The minimum atomic E-state index is -0.724. The number of ether oxygens (including phenoxy) is 4. The molecular weight excluding hydrogens is 524 g/mol. The van der Waals surface area contributed by atoms with Crippen molar-refractivity contribution in [3.05, 3.63) is 122 Å². The fourth-order valence-electron chi connectivity index (χ4n) is 3.48. The van der Waals surface area contributed by atoms with E-state index in [2.05, 4.69) is 38.2 Å². The van der Waals surface area contributed by atoms with Gasteiger partial charge in [0.1, 0.15) is 17.2 Å². The zero-order chi connectivity index (χ0) is 29.9. The lowest BCUT2D eigenvalue weighted by atomic mass is 9.95. The molecule has 3 aromatic carbocycles. The van der Waals surface area contributed by atoms with Crippen molar-refractivity contribution >= 4 is 23.9 Å². The van der Waals surface area contributed by atoms with Gasteiger partial charge in [-0.05, 0) is 48.9 Å². The van der Waals surface area contributed by atoms with Gasteiger partial charge in [-0.25, -0.2) is 19.2 Å². The van der Waals surface area contributed by atoms with E-state index in [0.717, 1.165) is 24.3 Å². The van der Waals surface area contributed by atoms with Gasteiger partial charge in [-0.2, -0.15) is 0 Å². The van der Waals surface area contributed by atoms with Crippen molar-refractivity contribution in [2.45, 2.75) is 6.92 Å². The SMILES string of the molecule is C=CC(=O)Oc1ccc(C#Cc2cc(OC(=O)C=C)c(-c3ccc(OC(=O)C=C)cc3)c(C)c2OC(=O)C=C)cc1. The molecule has 41 heavy (non-hydrogen) atoms. The molecule has 3 rings (SSSR count). The number of hydrogen-bond acceptors (Lipinski definition) is 8. The first-order valence-corrected chi connectivity index (χ1v) is 12.0. The summed E-state index contributed by atoms with van der Waals surface area (Å²) in [6.45, 7) is 15.3. The first kappa shape index (κ1) is 29.6. The third-order valence-corrected chi connectivity index (χ3v) is 5.34. The summed E-state index contributed by atoms with van der Waals surface area (Å²) >= 11 is 0. The Morgan fingerprint density at radius 1 is 0.634 bits per heavy atom. The summed E-state index contributed by atoms with van der Waals surface area (Å²) in [6, 6.07) is 14.2. The van der Waals surface area contributed by atoms with Crippen LogP contribution in [-0.2, 0) is 19.2 Å². The van der Waals surface area contributed by atoms with E-state index in [-0.39, 0.29) is 22.8 Å². The molecule has 0 bridgehead atoms. The highest BCUT2D eigenvalue weighted by Crippen LogP contribution is 2.41. The first-order valence-electron chi connectivity index (χ1n) is 12.0. The Hall–Kier alpha value is -5.94. The van der Waals surface area contributed by atoms with Gasteiger partial charge in [0.05, 0.1) is 5.56 Å². The first-order chi connectivity index (χ1) is 19.7. The molecule has 204 valence electrons. The lowest BCUT2D eigenvalue weighted by Crippen LogP contribution is -2.10. The molecule has 0 amide bonds. The summed E-state index contributed by atoms with van der Waals surface area (Å²) in [5, 5.41) is 0. The van der Waals surface area contributed by atoms with E-state index in [1.807, 2.05) is 0 Å². The van der Waals surface area contributed by atoms with Crippen LogP contribution in [0.1, 0.15) is 16.7 Å². The molecule has 3 aromatic rings. The maximum Gasteiger partial charge on any atom is 0.335 e. The second-order valence-corrected chi connectivity index (χ2v) is 8.05. The Morgan fingerprint density at radius 2 is 1.10 bits per heavy atom. The van der Waals surface area contributed by atoms with Crippen LogP contribution in [-0.4, -0.2) is 23.9 Å². The van der Waals surface area contributed by atoms with Crippen LogP contribution in [0.4, 0.5) is 0 Å². The van der Waals surface area contributed by atoms with Crippen LogP contribution >= 0.6 is 0 Å². The molecular formula is C33H24O8. The summed E-state index contributed by atoms with van der Waals surface area (Å²) < 4.78 is 21.3. The summed E-state index contributed by atoms with van der Waals surface area (Å²) in [7, 11) is 0. The van der Waals surface area contributed by atoms with Gasteiger partial charge in [-0.15, -0.1) is 0 Å². The molecule has 0 aliphatic rings. The molecule has 0 saturated heterocycles. The van der Waals surface area contributed by atoms with Crippen molar-refractivity contribution in [3.63, 3.8) is 0 Å². The Morgan fingerprint density at radius 3 is 1.61 bits per heavy atom. The maximum atomic E-state index is 12.3. The van der Waals surface area contributed by atoms with Gasteiger partial charge in [0.2, 0.25) is 0 Å². The molecule has 0 aromatic heterocycles. The highest BCUT2D eigenvalue weighted by atomic mass is 16.5. The molecule has 0 heterocycles. The Kier molecular flexibility index (Phi) is 9.92. The molecule has 0 aliphatic carbocycles. The monoisotopic (exact) mass is 548 g/mol. The molecule has 0 atom stereocenters. The van der Waals surface area contributed by atoms with Crippen LogP contribution in [0.5, 0.6) is 23.0 Å². The molecule has 0 unspecified atom stereocenters. The van der Waals surface area contributed by atoms with Gasteiger partial charge in [-0.3, -0.25) is 0 Å². The van der Waals surface area contributed by atoms with Crippen LogP contribution in [0, 0.1) is 18.8 Å². The van der Waals surface area contributed by atoms with Crippen molar-refractivity contribution < 1.29 is 38.1 Å². The fourth-order valence-corrected chi connectivity index (χ4v) is 3.48. The van der Waals surface area contributed by atoms with E-state index >= 15 is 0 Å². The number of benzene rings is 3. The van der Waals surface area contributed by atoms with E-state index in [1.165, 1.54) is 6.07 Å². The van der Waals surface area contributed by atoms with Crippen molar-refractivity contribution in [2.75, 3.05) is 0 Å². The number of rotatable bonds is 9. The van der Waals surface area contributed by atoms with E-state index < -0.39 is 23.9 Å². The van der Waals surface area contributed by atoms with Crippen molar-refractivity contribution in [3.8, 4) is 46.0 Å². The topological polar surface area (TPSA) is 105 Å². The van der Waals surface area contributed by atoms with Crippen molar-refractivity contribution in [2.24, 2.45) is 0 Å². The maximum absolute atomic E-state index is 12.3. The lowest BCUT2D eigenvalue weighted by molar-refractivity contribution is -0.130. The minimum Gasteiger partial charge on any atom is -0.423 e. The largest absolute Gasteiger partial charge is 0.423 e. The average molecular weight is 549 g/mol. The zero-order valence-corrected chi connectivity index (χ0v) is 22.1. The Bertz CT molecular complexity index is 1610. The zero-order valence-electron chi connectivity index (χ0n) is 22.1. The van der Waals surface area contributed by atoms with E-state index in [1.54, 1.807) is 55.5 Å². The Labute approximate surface area is 236 Å². The fraction of sp³-hybridized carbons (Fsp3) is 0.0303. The molecule has 8 heteroatoms. The molecule has 0 aliphatic heterocycles. The molecule has 0 spiro atoms. The van der Waals surface area contributed by atoms with E-state index in [9.17, 15) is 19.2 Å². The van der Waals surface area contributed by atoms with Crippen LogP contribution < -0.4 is 18.9 Å². The van der Waals surface area contributed by atoms with Crippen LogP contribution in [0.25, 0.3) is 11.1 Å². The minimum absolute atomic E-state index is 0.120. The molecule has 0 fully saturated rings. The number of hydrogen-bond donors (Lipinski definition) is 0.